The Balaban J connectivity index is 1.95. The number of nitrogen functional groups attached to an aromatic ring is 1. The predicted octanol–water partition coefficient (Wildman–Crippen LogP) is 4.38. The molecule has 3 heteroatoms. The predicted molar refractivity (Wildman–Crippen MR) is 75.2 cm³/mol. The molecule has 1 aromatic rings. The van der Waals surface area contributed by atoms with E-state index in [9.17, 15) is 0 Å². The van der Waals surface area contributed by atoms with Crippen LogP contribution < -0.4 is 10.5 Å². The fourth-order valence-corrected chi connectivity index (χ4v) is 2.79. The summed E-state index contributed by atoms with van der Waals surface area (Å²) in [7, 11) is 0. The van der Waals surface area contributed by atoms with Crippen LogP contribution in [0, 0.1) is 5.92 Å². The van der Waals surface area contributed by atoms with Crippen LogP contribution in [0.4, 0.5) is 5.69 Å². The summed E-state index contributed by atoms with van der Waals surface area (Å²) in [6.45, 7) is 2.28. The van der Waals surface area contributed by atoms with Gasteiger partial charge in [0, 0.05) is 11.8 Å². The Bertz CT molecular complexity index is 372. The molecule has 0 spiro atoms. The van der Waals surface area contributed by atoms with E-state index in [2.05, 4.69) is 22.9 Å². The van der Waals surface area contributed by atoms with Gasteiger partial charge in [-0.2, -0.15) is 0 Å². The zero-order valence-corrected chi connectivity index (χ0v) is 11.9. The molecular formula is C14H20BrNO. The van der Waals surface area contributed by atoms with Gasteiger partial charge in [0.2, 0.25) is 0 Å². The molecule has 1 fully saturated rings. The first kappa shape index (κ1) is 12.7. The maximum Gasteiger partial charge on any atom is 0.135 e. The van der Waals surface area contributed by atoms with Crippen molar-refractivity contribution >= 4 is 21.6 Å². The highest BCUT2D eigenvalue weighted by Crippen LogP contribution is 2.33. The Morgan fingerprint density at radius 2 is 2.00 bits per heavy atom. The van der Waals surface area contributed by atoms with Gasteiger partial charge in [-0.05, 0) is 59.7 Å². The smallest absolute Gasteiger partial charge is 0.135 e. The number of ether oxygens (including phenoxy) is 1. The zero-order chi connectivity index (χ0) is 12.3. The maximum atomic E-state index is 6.03. The van der Waals surface area contributed by atoms with Crippen LogP contribution in [0.25, 0.3) is 0 Å². The van der Waals surface area contributed by atoms with Crippen molar-refractivity contribution in [1.82, 2.24) is 0 Å². The van der Waals surface area contributed by atoms with Crippen LogP contribution in [0.5, 0.6) is 5.75 Å². The molecule has 0 amide bonds. The van der Waals surface area contributed by atoms with Crippen molar-refractivity contribution in [2.45, 2.75) is 45.1 Å². The Labute approximate surface area is 112 Å². The molecule has 0 unspecified atom stereocenters. The number of hydrogen-bond acceptors (Lipinski definition) is 2. The summed E-state index contributed by atoms with van der Waals surface area (Å²) in [5, 5.41) is 0. The van der Waals surface area contributed by atoms with Crippen molar-refractivity contribution in [2.75, 3.05) is 5.73 Å². The summed E-state index contributed by atoms with van der Waals surface area (Å²) in [6, 6.07) is 5.73. The highest BCUT2D eigenvalue weighted by Gasteiger charge is 2.21. The summed E-state index contributed by atoms with van der Waals surface area (Å²) in [4.78, 5) is 0. The lowest BCUT2D eigenvalue weighted by atomic mass is 9.86. The number of hydrogen-bond donors (Lipinski definition) is 1. The van der Waals surface area contributed by atoms with E-state index in [0.717, 1.165) is 21.8 Å². The van der Waals surface area contributed by atoms with Crippen molar-refractivity contribution in [3.63, 3.8) is 0 Å². The Kier molecular flexibility index (Phi) is 4.32. The standard InChI is InChI=1S/C14H20BrNO/c1-2-10-3-6-12(7-4-10)17-14-9-11(16)5-8-13(14)15/h5,8-10,12H,2-4,6-7,16H2,1H3. The van der Waals surface area contributed by atoms with Crippen molar-refractivity contribution in [3.05, 3.63) is 22.7 Å². The SMILES string of the molecule is CCC1CCC(Oc2cc(N)ccc2Br)CC1. The molecule has 17 heavy (non-hydrogen) atoms. The van der Waals surface area contributed by atoms with Gasteiger partial charge in [-0.1, -0.05) is 13.3 Å². The van der Waals surface area contributed by atoms with E-state index in [1.54, 1.807) is 0 Å². The van der Waals surface area contributed by atoms with E-state index in [-0.39, 0.29) is 0 Å². The summed E-state index contributed by atoms with van der Waals surface area (Å²) in [6.07, 6.45) is 6.58. The van der Waals surface area contributed by atoms with Gasteiger partial charge in [-0.3, -0.25) is 0 Å². The number of rotatable bonds is 3. The monoisotopic (exact) mass is 297 g/mol. The molecule has 0 aliphatic heterocycles. The maximum absolute atomic E-state index is 6.03. The average molecular weight is 298 g/mol. The van der Waals surface area contributed by atoms with E-state index >= 15 is 0 Å². The van der Waals surface area contributed by atoms with Gasteiger partial charge in [-0.15, -0.1) is 0 Å². The average Bonchev–Trinajstić information content (AvgIpc) is 2.35. The molecular weight excluding hydrogens is 278 g/mol. The van der Waals surface area contributed by atoms with Gasteiger partial charge < -0.3 is 10.5 Å². The molecule has 1 aromatic carbocycles. The van der Waals surface area contributed by atoms with Gasteiger partial charge in [0.25, 0.3) is 0 Å². The zero-order valence-electron chi connectivity index (χ0n) is 10.3. The third kappa shape index (κ3) is 3.38. The normalized spacial score (nSPS) is 24.6. The second kappa shape index (κ2) is 5.76. The van der Waals surface area contributed by atoms with Crippen molar-refractivity contribution in [3.8, 4) is 5.75 Å². The molecule has 0 saturated heterocycles. The minimum Gasteiger partial charge on any atom is -0.489 e. The van der Waals surface area contributed by atoms with Gasteiger partial charge in [0.1, 0.15) is 5.75 Å². The molecule has 2 nitrogen and oxygen atoms in total. The van der Waals surface area contributed by atoms with Crippen LogP contribution in [-0.4, -0.2) is 6.10 Å². The van der Waals surface area contributed by atoms with Gasteiger partial charge in [0.15, 0.2) is 0 Å². The van der Waals surface area contributed by atoms with Crippen molar-refractivity contribution in [1.29, 1.82) is 0 Å². The van der Waals surface area contributed by atoms with Crippen LogP contribution in [-0.2, 0) is 0 Å². The molecule has 1 aliphatic carbocycles. The first-order valence-corrected chi connectivity index (χ1v) is 7.20. The lowest BCUT2D eigenvalue weighted by Gasteiger charge is -2.28. The number of nitrogens with two attached hydrogens (primary N) is 1. The number of anilines is 1. The van der Waals surface area contributed by atoms with Crippen molar-refractivity contribution in [2.24, 2.45) is 5.92 Å². The molecule has 0 radical (unpaired) electrons. The molecule has 2 rings (SSSR count). The van der Waals surface area contributed by atoms with Gasteiger partial charge >= 0.3 is 0 Å². The van der Waals surface area contributed by atoms with E-state index < -0.39 is 0 Å². The highest BCUT2D eigenvalue weighted by molar-refractivity contribution is 9.10. The molecule has 1 aliphatic rings. The van der Waals surface area contributed by atoms with E-state index in [1.165, 1.54) is 32.1 Å². The van der Waals surface area contributed by atoms with Crippen LogP contribution in [0.2, 0.25) is 0 Å². The molecule has 1 saturated carbocycles. The fraction of sp³-hybridized carbons (Fsp3) is 0.571. The highest BCUT2D eigenvalue weighted by atomic mass is 79.9. The summed E-state index contributed by atoms with van der Waals surface area (Å²) in [5.41, 5.74) is 6.53. The third-order valence-corrected chi connectivity index (χ3v) is 4.28. The van der Waals surface area contributed by atoms with Gasteiger partial charge in [0.05, 0.1) is 10.6 Å². The Morgan fingerprint density at radius 3 is 2.65 bits per heavy atom. The summed E-state index contributed by atoms with van der Waals surface area (Å²) >= 11 is 3.50. The third-order valence-electron chi connectivity index (χ3n) is 3.62. The minimum absolute atomic E-state index is 0.357. The van der Waals surface area contributed by atoms with Gasteiger partial charge in [-0.25, -0.2) is 0 Å². The second-order valence-corrected chi connectivity index (χ2v) is 5.71. The fourth-order valence-electron chi connectivity index (χ4n) is 2.45. The van der Waals surface area contributed by atoms with Crippen molar-refractivity contribution < 1.29 is 4.74 Å². The topological polar surface area (TPSA) is 35.2 Å². The molecule has 94 valence electrons. The molecule has 0 heterocycles. The lowest BCUT2D eigenvalue weighted by molar-refractivity contribution is 0.129. The first-order valence-electron chi connectivity index (χ1n) is 6.40. The Morgan fingerprint density at radius 1 is 1.29 bits per heavy atom. The molecule has 0 atom stereocenters. The van der Waals surface area contributed by atoms with Crippen LogP contribution >= 0.6 is 15.9 Å². The van der Waals surface area contributed by atoms with E-state index in [4.69, 9.17) is 10.5 Å². The quantitative estimate of drug-likeness (QED) is 0.840. The molecule has 2 N–H and O–H groups in total. The summed E-state index contributed by atoms with van der Waals surface area (Å²) in [5.74, 6) is 1.78. The number of benzene rings is 1. The second-order valence-electron chi connectivity index (χ2n) is 4.86. The van der Waals surface area contributed by atoms with Crippen LogP contribution in [0.3, 0.4) is 0 Å². The first-order chi connectivity index (χ1) is 8.19. The van der Waals surface area contributed by atoms with E-state index in [1.807, 2.05) is 18.2 Å². The number of halogens is 1. The molecule has 0 bridgehead atoms. The summed E-state index contributed by atoms with van der Waals surface area (Å²) < 4.78 is 7.02. The lowest BCUT2D eigenvalue weighted by Crippen LogP contribution is -2.24. The van der Waals surface area contributed by atoms with Crippen LogP contribution in [0.1, 0.15) is 39.0 Å². The van der Waals surface area contributed by atoms with E-state index in [0.29, 0.717) is 6.10 Å². The Hall–Kier alpha value is -0.700. The largest absolute Gasteiger partial charge is 0.489 e. The van der Waals surface area contributed by atoms with Crippen LogP contribution in [0.15, 0.2) is 22.7 Å². The molecule has 0 aromatic heterocycles. The minimum atomic E-state index is 0.357.